The van der Waals surface area contributed by atoms with E-state index in [1.165, 1.54) is 5.57 Å². The molecular weight excluding hydrogens is 188 g/mol. The molecule has 1 aromatic heterocycles. The lowest BCUT2D eigenvalue weighted by atomic mass is 9.93. The lowest BCUT2D eigenvalue weighted by molar-refractivity contribution is 0.202. The Morgan fingerprint density at radius 2 is 2.40 bits per heavy atom. The summed E-state index contributed by atoms with van der Waals surface area (Å²) >= 11 is 0. The number of anilines is 1. The van der Waals surface area contributed by atoms with Crippen molar-refractivity contribution in [1.82, 2.24) is 4.98 Å². The van der Waals surface area contributed by atoms with E-state index in [4.69, 9.17) is 5.73 Å². The predicted molar refractivity (Wildman–Crippen MR) is 60.3 cm³/mol. The first kappa shape index (κ1) is 10.2. The van der Waals surface area contributed by atoms with Gasteiger partial charge >= 0.3 is 0 Å². The Morgan fingerprint density at radius 1 is 1.53 bits per heavy atom. The van der Waals surface area contributed by atoms with Gasteiger partial charge in [-0.25, -0.2) is 0 Å². The van der Waals surface area contributed by atoms with Crippen LogP contribution in [0.2, 0.25) is 0 Å². The second-order valence-corrected chi connectivity index (χ2v) is 4.04. The summed E-state index contributed by atoms with van der Waals surface area (Å²) in [7, 11) is 0. The van der Waals surface area contributed by atoms with E-state index in [1.807, 2.05) is 12.1 Å². The minimum absolute atomic E-state index is 0.272. The van der Waals surface area contributed by atoms with E-state index < -0.39 is 0 Å². The van der Waals surface area contributed by atoms with Gasteiger partial charge in [0.1, 0.15) is 0 Å². The van der Waals surface area contributed by atoms with E-state index in [0.29, 0.717) is 0 Å². The van der Waals surface area contributed by atoms with Crippen LogP contribution in [0.15, 0.2) is 30.1 Å². The first-order chi connectivity index (χ1) is 7.25. The highest BCUT2D eigenvalue weighted by Crippen LogP contribution is 2.23. The maximum atomic E-state index is 9.50. The lowest BCUT2D eigenvalue weighted by Gasteiger charge is -2.17. The van der Waals surface area contributed by atoms with E-state index in [0.717, 1.165) is 36.9 Å². The zero-order valence-corrected chi connectivity index (χ0v) is 8.69. The van der Waals surface area contributed by atoms with Crippen molar-refractivity contribution in [3.05, 3.63) is 35.7 Å². The summed E-state index contributed by atoms with van der Waals surface area (Å²) in [6.45, 7) is 0. The van der Waals surface area contributed by atoms with Gasteiger partial charge in [-0.2, -0.15) is 0 Å². The predicted octanol–water partition coefficient (Wildman–Crippen LogP) is 1.68. The number of hydrogen-bond acceptors (Lipinski definition) is 3. The Balaban J connectivity index is 2.12. The van der Waals surface area contributed by atoms with Crippen LogP contribution in [0.1, 0.15) is 24.8 Å². The maximum Gasteiger partial charge on any atom is 0.0723 e. The number of allylic oxidation sites excluding steroid dienone is 1. The van der Waals surface area contributed by atoms with Gasteiger partial charge in [-0.3, -0.25) is 4.98 Å². The second-order valence-electron chi connectivity index (χ2n) is 4.04. The largest absolute Gasteiger partial charge is 0.398 e. The molecule has 0 fully saturated rings. The van der Waals surface area contributed by atoms with Crippen LogP contribution in [0.3, 0.4) is 0 Å². The zero-order valence-electron chi connectivity index (χ0n) is 8.69. The molecule has 1 aliphatic carbocycles. The second kappa shape index (κ2) is 4.45. The Labute approximate surface area is 89.6 Å². The van der Waals surface area contributed by atoms with Crippen molar-refractivity contribution in [3.8, 4) is 0 Å². The fraction of sp³-hybridized carbons (Fsp3) is 0.417. The molecule has 0 spiro atoms. The van der Waals surface area contributed by atoms with Gasteiger partial charge in [-0.05, 0) is 37.3 Å². The number of aliphatic hydroxyl groups excluding tert-OH is 1. The molecule has 0 saturated carbocycles. The molecule has 1 aromatic rings. The van der Waals surface area contributed by atoms with Crippen LogP contribution >= 0.6 is 0 Å². The highest BCUT2D eigenvalue weighted by molar-refractivity contribution is 5.46. The highest BCUT2D eigenvalue weighted by atomic mass is 16.3. The van der Waals surface area contributed by atoms with Gasteiger partial charge in [0, 0.05) is 18.1 Å². The Morgan fingerprint density at radius 3 is 3.13 bits per heavy atom. The molecule has 3 N–H and O–H groups in total. The van der Waals surface area contributed by atoms with Crippen LogP contribution in [0.25, 0.3) is 0 Å². The number of pyridine rings is 1. The summed E-state index contributed by atoms with van der Waals surface area (Å²) in [6.07, 6.45) is 9.00. The third-order valence-electron chi connectivity index (χ3n) is 2.78. The number of aromatic nitrogens is 1. The van der Waals surface area contributed by atoms with Crippen LogP contribution in [-0.4, -0.2) is 16.2 Å². The fourth-order valence-electron chi connectivity index (χ4n) is 1.95. The molecule has 0 bridgehead atoms. The van der Waals surface area contributed by atoms with Crippen molar-refractivity contribution in [1.29, 1.82) is 0 Å². The molecule has 3 nitrogen and oxygen atoms in total. The van der Waals surface area contributed by atoms with E-state index in [2.05, 4.69) is 4.98 Å². The number of nitrogens with zero attached hydrogens (tertiary/aromatic N) is 1. The highest BCUT2D eigenvalue weighted by Gasteiger charge is 2.11. The topological polar surface area (TPSA) is 59.1 Å². The molecule has 2 rings (SSSR count). The summed E-state index contributed by atoms with van der Waals surface area (Å²) < 4.78 is 0. The van der Waals surface area contributed by atoms with Gasteiger partial charge in [-0.15, -0.1) is 0 Å². The summed E-state index contributed by atoms with van der Waals surface area (Å²) in [5.41, 5.74) is 8.95. The van der Waals surface area contributed by atoms with Crippen molar-refractivity contribution in [2.45, 2.75) is 31.8 Å². The number of aliphatic hydroxyl groups is 1. The number of hydrogen-bond donors (Lipinski definition) is 2. The molecule has 0 aromatic carbocycles. The smallest absolute Gasteiger partial charge is 0.0723 e. The van der Waals surface area contributed by atoms with Crippen LogP contribution in [-0.2, 0) is 6.42 Å². The van der Waals surface area contributed by atoms with E-state index in [1.54, 1.807) is 12.4 Å². The standard InChI is InChI=1S/C12H16N2O/c13-12-4-5-14-8-10(12)6-9-2-1-3-11(15)7-9/h4-5,7-8,11,15H,1-3,6H2,(H2,13,14). The van der Waals surface area contributed by atoms with Crippen LogP contribution in [0.4, 0.5) is 5.69 Å². The average Bonchev–Trinajstić information content (AvgIpc) is 2.22. The lowest BCUT2D eigenvalue weighted by Crippen LogP contribution is -2.10. The van der Waals surface area contributed by atoms with E-state index in [-0.39, 0.29) is 6.10 Å². The van der Waals surface area contributed by atoms with Gasteiger partial charge in [-0.1, -0.05) is 11.6 Å². The normalized spacial score (nSPS) is 21.1. The molecule has 3 heteroatoms. The monoisotopic (exact) mass is 204 g/mol. The van der Waals surface area contributed by atoms with Gasteiger partial charge in [0.25, 0.3) is 0 Å². The third-order valence-corrected chi connectivity index (χ3v) is 2.78. The molecule has 1 heterocycles. The zero-order chi connectivity index (χ0) is 10.7. The molecule has 15 heavy (non-hydrogen) atoms. The van der Waals surface area contributed by atoms with E-state index in [9.17, 15) is 5.11 Å². The molecule has 0 radical (unpaired) electrons. The van der Waals surface area contributed by atoms with Crippen LogP contribution in [0, 0.1) is 0 Å². The number of nitrogens with two attached hydrogens (primary N) is 1. The molecule has 1 aliphatic rings. The van der Waals surface area contributed by atoms with Gasteiger partial charge in [0.15, 0.2) is 0 Å². The minimum Gasteiger partial charge on any atom is -0.398 e. The van der Waals surface area contributed by atoms with Gasteiger partial charge in [0.2, 0.25) is 0 Å². The van der Waals surface area contributed by atoms with Crippen molar-refractivity contribution >= 4 is 5.69 Å². The molecule has 0 amide bonds. The Kier molecular flexibility index (Phi) is 3.02. The summed E-state index contributed by atoms with van der Waals surface area (Å²) in [5, 5.41) is 9.50. The molecular formula is C12H16N2O. The summed E-state index contributed by atoms with van der Waals surface area (Å²) in [6, 6.07) is 1.81. The SMILES string of the molecule is Nc1ccncc1CC1=CC(O)CCC1. The number of nitrogen functional groups attached to an aromatic ring is 1. The van der Waals surface area contributed by atoms with Gasteiger partial charge in [0.05, 0.1) is 6.10 Å². The fourth-order valence-corrected chi connectivity index (χ4v) is 1.95. The Bertz CT molecular complexity index is 374. The van der Waals surface area contributed by atoms with Crippen molar-refractivity contribution in [3.63, 3.8) is 0 Å². The quantitative estimate of drug-likeness (QED) is 0.720. The molecule has 0 saturated heterocycles. The molecule has 1 unspecified atom stereocenters. The molecule has 80 valence electrons. The maximum absolute atomic E-state index is 9.50. The summed E-state index contributed by atoms with van der Waals surface area (Å²) in [5.74, 6) is 0. The first-order valence-electron chi connectivity index (χ1n) is 5.31. The van der Waals surface area contributed by atoms with Crippen molar-refractivity contribution in [2.24, 2.45) is 0 Å². The first-order valence-corrected chi connectivity index (χ1v) is 5.31. The van der Waals surface area contributed by atoms with E-state index >= 15 is 0 Å². The molecule has 1 atom stereocenters. The van der Waals surface area contributed by atoms with Crippen LogP contribution in [0.5, 0.6) is 0 Å². The summed E-state index contributed by atoms with van der Waals surface area (Å²) in [4.78, 5) is 4.06. The van der Waals surface area contributed by atoms with Crippen molar-refractivity contribution < 1.29 is 5.11 Å². The molecule has 0 aliphatic heterocycles. The van der Waals surface area contributed by atoms with Crippen LogP contribution < -0.4 is 5.73 Å². The average molecular weight is 204 g/mol. The minimum atomic E-state index is -0.272. The number of rotatable bonds is 2. The third kappa shape index (κ3) is 2.57. The van der Waals surface area contributed by atoms with Crippen molar-refractivity contribution in [2.75, 3.05) is 5.73 Å². The Hall–Kier alpha value is -1.35. The van der Waals surface area contributed by atoms with Gasteiger partial charge < -0.3 is 10.8 Å².